The van der Waals surface area contributed by atoms with E-state index in [0.717, 1.165) is 29.7 Å². The quantitative estimate of drug-likeness (QED) is 0.820. The van der Waals surface area contributed by atoms with Crippen molar-refractivity contribution in [1.82, 2.24) is 4.98 Å². The SMILES string of the molecule is Cc1ccnc(N(C)CCCc2ccccc2)c1Br. The highest BCUT2D eigenvalue weighted by molar-refractivity contribution is 9.10. The van der Waals surface area contributed by atoms with Crippen molar-refractivity contribution >= 4 is 21.7 Å². The van der Waals surface area contributed by atoms with Gasteiger partial charge in [-0.05, 0) is 52.9 Å². The summed E-state index contributed by atoms with van der Waals surface area (Å²) >= 11 is 3.61. The van der Waals surface area contributed by atoms with Crippen LogP contribution < -0.4 is 4.90 Å². The van der Waals surface area contributed by atoms with Crippen LogP contribution in [0, 0.1) is 6.92 Å². The molecule has 19 heavy (non-hydrogen) atoms. The molecule has 0 spiro atoms. The molecule has 0 N–H and O–H groups in total. The first kappa shape index (κ1) is 14.1. The molecule has 0 aliphatic carbocycles. The molecule has 0 amide bonds. The average Bonchev–Trinajstić information content (AvgIpc) is 2.43. The summed E-state index contributed by atoms with van der Waals surface area (Å²) in [6.07, 6.45) is 4.10. The van der Waals surface area contributed by atoms with Crippen LogP contribution in [0.25, 0.3) is 0 Å². The van der Waals surface area contributed by atoms with Crippen LogP contribution in [0.1, 0.15) is 17.5 Å². The molecule has 0 bridgehead atoms. The van der Waals surface area contributed by atoms with Gasteiger partial charge in [0.05, 0.1) is 4.47 Å². The highest BCUT2D eigenvalue weighted by Gasteiger charge is 2.08. The second kappa shape index (κ2) is 6.71. The number of aromatic nitrogens is 1. The van der Waals surface area contributed by atoms with Crippen molar-refractivity contribution in [2.75, 3.05) is 18.5 Å². The topological polar surface area (TPSA) is 16.1 Å². The summed E-state index contributed by atoms with van der Waals surface area (Å²) in [5.41, 5.74) is 2.62. The zero-order valence-corrected chi connectivity index (χ0v) is 13.0. The highest BCUT2D eigenvalue weighted by Crippen LogP contribution is 2.26. The number of anilines is 1. The van der Waals surface area contributed by atoms with E-state index >= 15 is 0 Å². The molecule has 0 atom stereocenters. The van der Waals surface area contributed by atoms with Gasteiger partial charge in [0.1, 0.15) is 5.82 Å². The van der Waals surface area contributed by atoms with Gasteiger partial charge >= 0.3 is 0 Å². The molecular weight excluding hydrogens is 300 g/mol. The van der Waals surface area contributed by atoms with Gasteiger partial charge in [-0.2, -0.15) is 0 Å². The van der Waals surface area contributed by atoms with E-state index < -0.39 is 0 Å². The molecule has 1 heterocycles. The fourth-order valence-electron chi connectivity index (χ4n) is 2.06. The monoisotopic (exact) mass is 318 g/mol. The van der Waals surface area contributed by atoms with Gasteiger partial charge in [-0.15, -0.1) is 0 Å². The van der Waals surface area contributed by atoms with E-state index in [1.54, 1.807) is 0 Å². The number of rotatable bonds is 5. The first-order valence-electron chi connectivity index (χ1n) is 6.54. The highest BCUT2D eigenvalue weighted by atomic mass is 79.9. The van der Waals surface area contributed by atoms with Gasteiger partial charge in [0.25, 0.3) is 0 Å². The van der Waals surface area contributed by atoms with E-state index in [1.165, 1.54) is 11.1 Å². The van der Waals surface area contributed by atoms with Gasteiger partial charge in [-0.3, -0.25) is 0 Å². The minimum Gasteiger partial charge on any atom is -0.359 e. The van der Waals surface area contributed by atoms with Gasteiger partial charge in [0.2, 0.25) is 0 Å². The normalized spacial score (nSPS) is 10.5. The van der Waals surface area contributed by atoms with E-state index in [9.17, 15) is 0 Å². The first-order valence-corrected chi connectivity index (χ1v) is 7.34. The van der Waals surface area contributed by atoms with Crippen molar-refractivity contribution in [2.24, 2.45) is 0 Å². The zero-order valence-electron chi connectivity index (χ0n) is 11.4. The van der Waals surface area contributed by atoms with Crippen LogP contribution in [0.4, 0.5) is 5.82 Å². The van der Waals surface area contributed by atoms with Crippen LogP contribution >= 0.6 is 15.9 Å². The Morgan fingerprint density at radius 3 is 2.63 bits per heavy atom. The number of pyridine rings is 1. The molecule has 100 valence electrons. The van der Waals surface area contributed by atoms with Gasteiger partial charge in [0.15, 0.2) is 0 Å². The molecule has 2 aromatic rings. The molecule has 0 saturated carbocycles. The Bertz CT molecular complexity index is 526. The van der Waals surface area contributed by atoms with Crippen LogP contribution in [0.2, 0.25) is 0 Å². The maximum absolute atomic E-state index is 4.44. The molecule has 2 rings (SSSR count). The fourth-order valence-corrected chi connectivity index (χ4v) is 2.60. The van der Waals surface area contributed by atoms with Crippen molar-refractivity contribution in [3.8, 4) is 0 Å². The van der Waals surface area contributed by atoms with Crippen LogP contribution in [0.15, 0.2) is 47.1 Å². The van der Waals surface area contributed by atoms with E-state index in [4.69, 9.17) is 0 Å². The van der Waals surface area contributed by atoms with Crippen molar-refractivity contribution in [2.45, 2.75) is 19.8 Å². The second-order valence-electron chi connectivity index (χ2n) is 4.78. The summed E-state index contributed by atoms with van der Waals surface area (Å²) in [7, 11) is 2.09. The molecule has 0 saturated heterocycles. The molecule has 1 aromatic carbocycles. The largest absolute Gasteiger partial charge is 0.359 e. The number of benzene rings is 1. The van der Waals surface area contributed by atoms with Gasteiger partial charge in [0, 0.05) is 19.8 Å². The minimum absolute atomic E-state index is 1.00. The molecule has 0 radical (unpaired) electrons. The fraction of sp³-hybridized carbons (Fsp3) is 0.312. The summed E-state index contributed by atoms with van der Waals surface area (Å²) in [5, 5.41) is 0. The van der Waals surface area contributed by atoms with Crippen LogP contribution in [-0.4, -0.2) is 18.6 Å². The number of aryl methyl sites for hydroxylation is 2. The first-order chi connectivity index (χ1) is 9.18. The zero-order chi connectivity index (χ0) is 13.7. The van der Waals surface area contributed by atoms with Crippen molar-refractivity contribution in [1.29, 1.82) is 0 Å². The molecule has 0 unspecified atom stereocenters. The number of hydrogen-bond donors (Lipinski definition) is 0. The molecule has 3 heteroatoms. The average molecular weight is 319 g/mol. The third kappa shape index (κ3) is 3.80. The summed E-state index contributed by atoms with van der Waals surface area (Å²) in [6, 6.07) is 12.6. The Hall–Kier alpha value is -1.35. The summed E-state index contributed by atoms with van der Waals surface area (Å²) < 4.78 is 1.09. The smallest absolute Gasteiger partial charge is 0.142 e. The minimum atomic E-state index is 1.00. The lowest BCUT2D eigenvalue weighted by atomic mass is 10.1. The number of hydrogen-bond acceptors (Lipinski definition) is 2. The summed E-state index contributed by atoms with van der Waals surface area (Å²) in [6.45, 7) is 3.09. The van der Waals surface area contributed by atoms with Gasteiger partial charge < -0.3 is 4.90 Å². The maximum atomic E-state index is 4.44. The Morgan fingerprint density at radius 2 is 1.89 bits per heavy atom. The third-order valence-electron chi connectivity index (χ3n) is 3.23. The second-order valence-corrected chi connectivity index (χ2v) is 5.57. The lowest BCUT2D eigenvalue weighted by Gasteiger charge is -2.20. The van der Waals surface area contributed by atoms with Crippen molar-refractivity contribution in [3.63, 3.8) is 0 Å². The lowest BCUT2D eigenvalue weighted by molar-refractivity contribution is 0.775. The van der Waals surface area contributed by atoms with Crippen molar-refractivity contribution < 1.29 is 0 Å². The molecule has 1 aromatic heterocycles. The molecule has 2 nitrogen and oxygen atoms in total. The third-order valence-corrected chi connectivity index (χ3v) is 4.21. The van der Waals surface area contributed by atoms with E-state index in [-0.39, 0.29) is 0 Å². The number of nitrogens with zero attached hydrogens (tertiary/aromatic N) is 2. The predicted octanol–water partition coefficient (Wildman–Crippen LogP) is 4.22. The van der Waals surface area contributed by atoms with E-state index in [0.29, 0.717) is 0 Å². The molecule has 0 fully saturated rings. The Balaban J connectivity index is 1.91. The van der Waals surface area contributed by atoms with E-state index in [1.807, 2.05) is 12.3 Å². The van der Waals surface area contributed by atoms with E-state index in [2.05, 4.69) is 70.1 Å². The standard InChI is InChI=1S/C16H19BrN2/c1-13-10-11-18-16(15(13)17)19(2)12-6-9-14-7-4-3-5-8-14/h3-5,7-8,10-11H,6,9,12H2,1-2H3. The summed E-state index contributed by atoms with van der Waals surface area (Å²) in [5.74, 6) is 1.02. The molecular formula is C16H19BrN2. The van der Waals surface area contributed by atoms with Gasteiger partial charge in [-0.1, -0.05) is 30.3 Å². The van der Waals surface area contributed by atoms with Crippen LogP contribution in [0.5, 0.6) is 0 Å². The Kier molecular flexibility index (Phi) is 4.97. The van der Waals surface area contributed by atoms with Crippen LogP contribution in [-0.2, 0) is 6.42 Å². The number of halogens is 1. The molecule has 0 aliphatic rings. The lowest BCUT2D eigenvalue weighted by Crippen LogP contribution is -2.20. The summed E-state index contributed by atoms with van der Waals surface area (Å²) in [4.78, 5) is 6.65. The Labute approximate surface area is 123 Å². The Morgan fingerprint density at radius 1 is 1.16 bits per heavy atom. The molecule has 0 aliphatic heterocycles. The van der Waals surface area contributed by atoms with Crippen LogP contribution in [0.3, 0.4) is 0 Å². The van der Waals surface area contributed by atoms with Gasteiger partial charge in [-0.25, -0.2) is 4.98 Å². The van der Waals surface area contributed by atoms with Crippen molar-refractivity contribution in [3.05, 3.63) is 58.2 Å². The maximum Gasteiger partial charge on any atom is 0.142 e. The predicted molar refractivity (Wildman–Crippen MR) is 84.7 cm³/mol.